The molecule has 3 nitrogen and oxygen atoms in total. The monoisotopic (exact) mass is 231 g/mol. The van der Waals surface area contributed by atoms with Gasteiger partial charge in [-0.1, -0.05) is 18.2 Å². The number of ether oxygens (including phenoxy) is 1. The minimum atomic E-state index is -2.84. The molecule has 5 heteroatoms. The third kappa shape index (κ3) is 3.75. The molecule has 1 aromatic carbocycles. The molecule has 0 fully saturated rings. The van der Waals surface area contributed by atoms with Crippen LogP contribution in [0.5, 0.6) is 5.75 Å². The summed E-state index contributed by atoms with van der Waals surface area (Å²) in [6.45, 7) is -2.61. The van der Waals surface area contributed by atoms with E-state index in [1.807, 2.05) is 0 Å². The van der Waals surface area contributed by atoms with Crippen LogP contribution in [0.25, 0.3) is 0 Å². The third-order valence-electron chi connectivity index (χ3n) is 2.29. The zero-order valence-electron chi connectivity index (χ0n) is 8.77. The highest BCUT2D eigenvalue weighted by Crippen LogP contribution is 2.22. The highest BCUT2D eigenvalue weighted by molar-refractivity contribution is 5.33. The summed E-state index contributed by atoms with van der Waals surface area (Å²) in [6, 6.07) is 6.53. The number of rotatable bonds is 6. The van der Waals surface area contributed by atoms with Gasteiger partial charge in [-0.05, 0) is 30.5 Å². The van der Waals surface area contributed by atoms with E-state index in [1.54, 1.807) is 18.2 Å². The van der Waals surface area contributed by atoms with Gasteiger partial charge in [0, 0.05) is 6.61 Å². The van der Waals surface area contributed by atoms with Crippen molar-refractivity contribution in [3.63, 3.8) is 0 Å². The maximum Gasteiger partial charge on any atom is 0.387 e. The Hall–Kier alpha value is -1.20. The Morgan fingerprint density at radius 2 is 2.00 bits per heavy atom. The highest BCUT2D eigenvalue weighted by atomic mass is 19.3. The predicted octanol–water partition coefficient (Wildman–Crippen LogP) is 1.40. The van der Waals surface area contributed by atoms with Crippen LogP contribution in [0.4, 0.5) is 8.78 Å². The van der Waals surface area contributed by atoms with E-state index < -0.39 is 6.61 Å². The van der Waals surface area contributed by atoms with Crippen molar-refractivity contribution in [2.45, 2.75) is 13.0 Å². The Morgan fingerprint density at radius 1 is 1.31 bits per heavy atom. The lowest BCUT2D eigenvalue weighted by molar-refractivity contribution is -0.0505. The summed E-state index contributed by atoms with van der Waals surface area (Å²) in [6.07, 6.45) is 0.426. The number of para-hydroxylation sites is 1. The number of benzene rings is 1. The van der Waals surface area contributed by atoms with Gasteiger partial charge in [0.2, 0.25) is 0 Å². The molecule has 0 aliphatic carbocycles. The summed E-state index contributed by atoms with van der Waals surface area (Å²) in [4.78, 5) is 0. The second-order valence-corrected chi connectivity index (χ2v) is 3.47. The fourth-order valence-corrected chi connectivity index (χ4v) is 1.42. The van der Waals surface area contributed by atoms with Crippen LogP contribution < -0.4 is 10.5 Å². The smallest absolute Gasteiger partial charge is 0.387 e. The number of alkyl halides is 2. The summed E-state index contributed by atoms with van der Waals surface area (Å²) in [7, 11) is 0. The Balaban J connectivity index is 2.77. The van der Waals surface area contributed by atoms with Gasteiger partial charge < -0.3 is 15.6 Å². The molecule has 0 heterocycles. The summed E-state index contributed by atoms with van der Waals surface area (Å²) in [5.74, 6) is 0.00632. The lowest BCUT2D eigenvalue weighted by Gasteiger charge is -2.14. The maximum absolute atomic E-state index is 12.1. The molecule has 0 saturated heterocycles. The van der Waals surface area contributed by atoms with Gasteiger partial charge in [0.25, 0.3) is 0 Å². The first kappa shape index (κ1) is 12.9. The fourth-order valence-electron chi connectivity index (χ4n) is 1.42. The van der Waals surface area contributed by atoms with E-state index in [1.165, 1.54) is 6.07 Å². The quantitative estimate of drug-likeness (QED) is 0.778. The molecule has 1 unspecified atom stereocenters. The van der Waals surface area contributed by atoms with E-state index in [0.717, 1.165) is 0 Å². The van der Waals surface area contributed by atoms with Gasteiger partial charge in [-0.2, -0.15) is 8.78 Å². The number of hydrogen-bond acceptors (Lipinski definition) is 3. The molecule has 0 aliphatic rings. The average molecular weight is 231 g/mol. The number of aliphatic hydroxyl groups is 1. The standard InChI is InChI=1S/C11H15F2NO2/c12-11(13)16-10-4-2-1-3-9(10)5-8(6-14)7-15/h1-4,8,11,15H,5-7,14H2. The maximum atomic E-state index is 12.1. The second-order valence-electron chi connectivity index (χ2n) is 3.47. The number of hydrogen-bond donors (Lipinski definition) is 2. The molecule has 0 bridgehead atoms. The average Bonchev–Trinajstić information content (AvgIpc) is 2.27. The third-order valence-corrected chi connectivity index (χ3v) is 2.29. The summed E-state index contributed by atoms with van der Waals surface area (Å²) >= 11 is 0. The van der Waals surface area contributed by atoms with E-state index in [9.17, 15) is 8.78 Å². The van der Waals surface area contributed by atoms with Crippen molar-refractivity contribution in [3.05, 3.63) is 29.8 Å². The first-order chi connectivity index (χ1) is 7.67. The molecule has 16 heavy (non-hydrogen) atoms. The minimum absolute atomic E-state index is 0.0699. The first-order valence-electron chi connectivity index (χ1n) is 5.01. The Morgan fingerprint density at radius 3 is 2.56 bits per heavy atom. The molecule has 0 aromatic heterocycles. The molecule has 0 spiro atoms. The Bertz CT molecular complexity index is 317. The lowest BCUT2D eigenvalue weighted by Crippen LogP contribution is -2.20. The molecule has 1 rings (SSSR count). The van der Waals surface area contributed by atoms with E-state index >= 15 is 0 Å². The SMILES string of the molecule is NCC(CO)Cc1ccccc1OC(F)F. The van der Waals surface area contributed by atoms with Crippen molar-refractivity contribution >= 4 is 0 Å². The van der Waals surface area contributed by atoms with E-state index in [4.69, 9.17) is 10.8 Å². The molecular formula is C11H15F2NO2. The van der Waals surface area contributed by atoms with Crippen molar-refractivity contribution in [3.8, 4) is 5.75 Å². The fraction of sp³-hybridized carbons (Fsp3) is 0.455. The van der Waals surface area contributed by atoms with Crippen molar-refractivity contribution in [2.75, 3.05) is 13.2 Å². The van der Waals surface area contributed by atoms with Crippen LogP contribution in [0.3, 0.4) is 0 Å². The zero-order chi connectivity index (χ0) is 12.0. The second kappa shape index (κ2) is 6.40. The summed E-state index contributed by atoms with van der Waals surface area (Å²) in [5.41, 5.74) is 6.07. The van der Waals surface area contributed by atoms with Crippen molar-refractivity contribution in [1.29, 1.82) is 0 Å². The van der Waals surface area contributed by atoms with Crippen LogP contribution in [0.15, 0.2) is 24.3 Å². The molecular weight excluding hydrogens is 216 g/mol. The minimum Gasteiger partial charge on any atom is -0.435 e. The van der Waals surface area contributed by atoms with E-state index in [-0.39, 0.29) is 18.3 Å². The van der Waals surface area contributed by atoms with Gasteiger partial charge in [-0.25, -0.2) is 0 Å². The summed E-state index contributed by atoms with van der Waals surface area (Å²) < 4.78 is 28.6. The number of halogens is 2. The van der Waals surface area contributed by atoms with Gasteiger partial charge in [-0.15, -0.1) is 0 Å². The van der Waals surface area contributed by atoms with Crippen LogP contribution >= 0.6 is 0 Å². The van der Waals surface area contributed by atoms with Crippen LogP contribution in [-0.2, 0) is 6.42 Å². The molecule has 1 aromatic rings. The van der Waals surface area contributed by atoms with Crippen molar-refractivity contribution < 1.29 is 18.6 Å². The molecule has 3 N–H and O–H groups in total. The van der Waals surface area contributed by atoms with E-state index in [0.29, 0.717) is 18.5 Å². The van der Waals surface area contributed by atoms with Gasteiger partial charge in [0.1, 0.15) is 5.75 Å². The van der Waals surface area contributed by atoms with Crippen LogP contribution in [0.2, 0.25) is 0 Å². The van der Waals surface area contributed by atoms with Gasteiger partial charge in [0.15, 0.2) is 0 Å². The highest BCUT2D eigenvalue weighted by Gasteiger charge is 2.13. The zero-order valence-corrected chi connectivity index (χ0v) is 8.77. The largest absolute Gasteiger partial charge is 0.435 e. The van der Waals surface area contributed by atoms with Gasteiger partial charge in [0.05, 0.1) is 0 Å². The van der Waals surface area contributed by atoms with Crippen molar-refractivity contribution in [2.24, 2.45) is 11.7 Å². The predicted molar refractivity (Wildman–Crippen MR) is 56.4 cm³/mol. The first-order valence-corrected chi connectivity index (χ1v) is 5.01. The molecule has 0 radical (unpaired) electrons. The normalized spacial score (nSPS) is 12.8. The Labute approximate surface area is 92.8 Å². The van der Waals surface area contributed by atoms with Crippen LogP contribution in [0.1, 0.15) is 5.56 Å². The molecule has 0 amide bonds. The molecule has 90 valence electrons. The van der Waals surface area contributed by atoms with Crippen LogP contribution in [0, 0.1) is 5.92 Å². The number of nitrogens with two attached hydrogens (primary N) is 1. The molecule has 0 aliphatic heterocycles. The van der Waals surface area contributed by atoms with Crippen LogP contribution in [-0.4, -0.2) is 24.9 Å². The topological polar surface area (TPSA) is 55.5 Å². The van der Waals surface area contributed by atoms with Gasteiger partial charge >= 0.3 is 6.61 Å². The van der Waals surface area contributed by atoms with Gasteiger partial charge in [-0.3, -0.25) is 0 Å². The molecule has 1 atom stereocenters. The number of aliphatic hydroxyl groups excluding tert-OH is 1. The van der Waals surface area contributed by atoms with Crippen molar-refractivity contribution in [1.82, 2.24) is 0 Å². The molecule has 0 saturated carbocycles. The Kier molecular flexibility index (Phi) is 5.14. The van der Waals surface area contributed by atoms with E-state index in [2.05, 4.69) is 4.74 Å². The summed E-state index contributed by atoms with van der Waals surface area (Å²) in [5, 5.41) is 8.99. The lowest BCUT2D eigenvalue weighted by atomic mass is 9.99.